The van der Waals surface area contributed by atoms with Crippen molar-refractivity contribution in [2.45, 2.75) is 26.2 Å². The highest BCUT2D eigenvalue weighted by Gasteiger charge is 2.35. The minimum absolute atomic E-state index is 0.124. The standard InChI is InChI=1S/C28H26N4O2S2/c1-3-19-11-13-21(14-12-19)31-24(33)17-36-28-22(16-29)26(23-10-7-15-35-23)25(18(2)30-28)27(34)32-20-8-5-4-6-9-20/h4-15,26,30H,3,17H2,1-2H3,(H,31,33)(H,32,34)/t26-/m0/s1. The van der Waals surface area contributed by atoms with E-state index < -0.39 is 5.92 Å². The highest BCUT2D eigenvalue weighted by Crippen LogP contribution is 2.42. The number of benzene rings is 2. The summed E-state index contributed by atoms with van der Waals surface area (Å²) in [5.74, 6) is -0.835. The van der Waals surface area contributed by atoms with E-state index in [1.807, 2.05) is 79.0 Å². The van der Waals surface area contributed by atoms with E-state index in [2.05, 4.69) is 28.9 Å². The zero-order chi connectivity index (χ0) is 25.5. The first-order chi connectivity index (χ1) is 17.5. The average molecular weight is 515 g/mol. The lowest BCUT2D eigenvalue weighted by atomic mass is 9.86. The fraction of sp³-hybridized carbons (Fsp3) is 0.179. The molecule has 1 atom stereocenters. The largest absolute Gasteiger partial charge is 0.353 e. The lowest BCUT2D eigenvalue weighted by Crippen LogP contribution is -2.30. The maximum absolute atomic E-state index is 13.4. The maximum atomic E-state index is 13.4. The number of allylic oxidation sites excluding steroid dienone is 2. The smallest absolute Gasteiger partial charge is 0.254 e. The van der Waals surface area contributed by atoms with Crippen molar-refractivity contribution in [1.82, 2.24) is 5.32 Å². The summed E-state index contributed by atoms with van der Waals surface area (Å²) < 4.78 is 0. The van der Waals surface area contributed by atoms with Crippen molar-refractivity contribution in [1.29, 1.82) is 5.26 Å². The quantitative estimate of drug-likeness (QED) is 0.342. The SMILES string of the molecule is CCc1ccc(NC(=O)CSC2=C(C#N)[C@@H](c3cccs3)C(C(=O)Nc3ccccc3)=C(C)N2)cc1. The zero-order valence-electron chi connectivity index (χ0n) is 20.0. The number of carbonyl (C=O) groups excluding carboxylic acids is 2. The number of nitriles is 1. The molecule has 182 valence electrons. The summed E-state index contributed by atoms with van der Waals surface area (Å²) in [5.41, 5.74) is 4.18. The fourth-order valence-electron chi connectivity index (χ4n) is 3.95. The van der Waals surface area contributed by atoms with Crippen LogP contribution in [0.4, 0.5) is 11.4 Å². The summed E-state index contributed by atoms with van der Waals surface area (Å²) >= 11 is 2.75. The number of dihydropyridines is 1. The molecule has 0 spiro atoms. The lowest BCUT2D eigenvalue weighted by Gasteiger charge is -2.29. The Balaban J connectivity index is 1.55. The number of nitrogens with zero attached hydrogens (tertiary/aromatic N) is 1. The molecule has 0 saturated heterocycles. The number of amides is 2. The monoisotopic (exact) mass is 514 g/mol. The third-order valence-electron chi connectivity index (χ3n) is 5.74. The van der Waals surface area contributed by atoms with Crippen molar-refractivity contribution < 1.29 is 9.59 Å². The Morgan fingerprint density at radius 3 is 2.39 bits per heavy atom. The number of para-hydroxylation sites is 1. The highest BCUT2D eigenvalue weighted by molar-refractivity contribution is 8.03. The van der Waals surface area contributed by atoms with E-state index in [0.717, 1.165) is 17.0 Å². The minimum Gasteiger partial charge on any atom is -0.353 e. The van der Waals surface area contributed by atoms with Crippen molar-refractivity contribution in [2.24, 2.45) is 0 Å². The van der Waals surface area contributed by atoms with E-state index in [1.165, 1.54) is 28.7 Å². The number of anilines is 2. The van der Waals surface area contributed by atoms with Gasteiger partial charge in [0.05, 0.1) is 28.3 Å². The highest BCUT2D eigenvalue weighted by atomic mass is 32.2. The van der Waals surface area contributed by atoms with Crippen molar-refractivity contribution in [3.8, 4) is 6.07 Å². The van der Waals surface area contributed by atoms with Crippen LogP contribution in [0.5, 0.6) is 0 Å². The Hall–Kier alpha value is -3.80. The number of rotatable bonds is 8. The van der Waals surface area contributed by atoms with E-state index in [0.29, 0.717) is 27.6 Å². The van der Waals surface area contributed by atoms with E-state index in [1.54, 1.807) is 0 Å². The third-order valence-corrected chi connectivity index (χ3v) is 7.70. The van der Waals surface area contributed by atoms with Gasteiger partial charge < -0.3 is 16.0 Å². The summed E-state index contributed by atoms with van der Waals surface area (Å²) in [7, 11) is 0. The number of aryl methyl sites for hydroxylation is 1. The Kier molecular flexibility index (Phi) is 8.26. The van der Waals surface area contributed by atoms with E-state index in [4.69, 9.17) is 0 Å². The molecule has 0 unspecified atom stereocenters. The van der Waals surface area contributed by atoms with Gasteiger partial charge in [-0.1, -0.05) is 55.1 Å². The van der Waals surface area contributed by atoms with Gasteiger partial charge >= 0.3 is 0 Å². The van der Waals surface area contributed by atoms with Crippen molar-refractivity contribution >= 4 is 46.3 Å². The van der Waals surface area contributed by atoms with Gasteiger partial charge in [0, 0.05) is 27.5 Å². The summed E-state index contributed by atoms with van der Waals surface area (Å²) in [6, 6.07) is 23.1. The molecule has 0 bridgehead atoms. The molecule has 3 aromatic rings. The number of hydrogen-bond donors (Lipinski definition) is 3. The number of hydrogen-bond acceptors (Lipinski definition) is 6. The average Bonchev–Trinajstić information content (AvgIpc) is 3.42. The Morgan fingerprint density at radius 2 is 1.75 bits per heavy atom. The molecule has 1 aromatic heterocycles. The fourth-order valence-corrected chi connectivity index (χ4v) is 5.68. The van der Waals surface area contributed by atoms with Gasteiger partial charge in [0.25, 0.3) is 5.91 Å². The van der Waals surface area contributed by atoms with Gasteiger partial charge in [-0.2, -0.15) is 5.26 Å². The summed E-state index contributed by atoms with van der Waals surface area (Å²) in [6.45, 7) is 3.91. The molecule has 0 saturated carbocycles. The van der Waals surface area contributed by atoms with Gasteiger partial charge in [-0.3, -0.25) is 9.59 Å². The first-order valence-corrected chi connectivity index (χ1v) is 13.4. The first kappa shape index (κ1) is 25.3. The van der Waals surface area contributed by atoms with Gasteiger partial charge in [-0.25, -0.2) is 0 Å². The van der Waals surface area contributed by atoms with Crippen molar-refractivity contribution in [3.63, 3.8) is 0 Å². The van der Waals surface area contributed by atoms with E-state index >= 15 is 0 Å². The van der Waals surface area contributed by atoms with Crippen LogP contribution >= 0.6 is 23.1 Å². The number of thiophene rings is 1. The predicted molar refractivity (Wildman–Crippen MR) is 148 cm³/mol. The second kappa shape index (κ2) is 11.8. The Labute approximate surface area is 219 Å². The second-order valence-electron chi connectivity index (χ2n) is 8.17. The molecular formula is C28H26N4O2S2. The number of carbonyl (C=O) groups is 2. The molecule has 36 heavy (non-hydrogen) atoms. The van der Waals surface area contributed by atoms with Crippen LogP contribution in [0.15, 0.2) is 94.0 Å². The molecule has 0 radical (unpaired) electrons. The van der Waals surface area contributed by atoms with E-state index in [-0.39, 0.29) is 17.6 Å². The summed E-state index contributed by atoms with van der Waals surface area (Å²) in [6.07, 6.45) is 0.935. The summed E-state index contributed by atoms with van der Waals surface area (Å²) in [4.78, 5) is 26.9. The second-order valence-corrected chi connectivity index (χ2v) is 10.1. The summed E-state index contributed by atoms with van der Waals surface area (Å²) in [5, 5.41) is 21.7. The normalized spacial score (nSPS) is 15.2. The van der Waals surface area contributed by atoms with Crippen LogP contribution < -0.4 is 16.0 Å². The van der Waals surface area contributed by atoms with Gasteiger partial charge in [-0.15, -0.1) is 11.3 Å². The molecule has 1 aliphatic rings. The molecule has 3 N–H and O–H groups in total. The lowest BCUT2D eigenvalue weighted by molar-refractivity contribution is -0.114. The van der Waals surface area contributed by atoms with Gasteiger partial charge in [0.1, 0.15) is 0 Å². The van der Waals surface area contributed by atoms with Crippen LogP contribution in [-0.2, 0) is 16.0 Å². The van der Waals surface area contributed by atoms with Crippen LogP contribution in [0.3, 0.4) is 0 Å². The maximum Gasteiger partial charge on any atom is 0.254 e. The minimum atomic E-state index is -0.521. The zero-order valence-corrected chi connectivity index (χ0v) is 21.6. The van der Waals surface area contributed by atoms with Crippen molar-refractivity contribution in [3.05, 3.63) is 104 Å². The van der Waals surface area contributed by atoms with Crippen LogP contribution in [0.1, 0.15) is 30.2 Å². The number of nitrogens with one attached hydrogen (secondary N) is 3. The van der Waals surface area contributed by atoms with Crippen LogP contribution in [0.2, 0.25) is 0 Å². The van der Waals surface area contributed by atoms with Gasteiger partial charge in [-0.05, 0) is 54.6 Å². The van der Waals surface area contributed by atoms with Crippen LogP contribution in [0, 0.1) is 11.3 Å². The van der Waals surface area contributed by atoms with E-state index in [9.17, 15) is 14.9 Å². The molecule has 0 fully saturated rings. The van der Waals surface area contributed by atoms with Crippen molar-refractivity contribution in [2.75, 3.05) is 16.4 Å². The molecule has 8 heteroatoms. The van der Waals surface area contributed by atoms with Crippen LogP contribution in [-0.4, -0.2) is 17.6 Å². The van der Waals surface area contributed by atoms with Gasteiger partial charge in [0.2, 0.25) is 5.91 Å². The molecule has 0 aliphatic carbocycles. The van der Waals surface area contributed by atoms with Gasteiger partial charge in [0.15, 0.2) is 0 Å². The topological polar surface area (TPSA) is 94.0 Å². The predicted octanol–water partition coefficient (Wildman–Crippen LogP) is 6.02. The molecule has 1 aliphatic heterocycles. The molecule has 2 heterocycles. The third kappa shape index (κ3) is 5.88. The molecule has 2 aromatic carbocycles. The van der Waals surface area contributed by atoms with Crippen LogP contribution in [0.25, 0.3) is 0 Å². The molecule has 2 amide bonds. The Bertz CT molecular complexity index is 1340. The molecule has 6 nitrogen and oxygen atoms in total. The number of thioether (sulfide) groups is 1. The molecular weight excluding hydrogens is 488 g/mol. The Morgan fingerprint density at radius 1 is 1.03 bits per heavy atom. The first-order valence-electron chi connectivity index (χ1n) is 11.5. The molecule has 4 rings (SSSR count).